The second kappa shape index (κ2) is 11.9. The quantitative estimate of drug-likeness (QED) is 0.376. The van der Waals surface area contributed by atoms with E-state index in [1.54, 1.807) is 19.2 Å². The molecule has 0 saturated carbocycles. The van der Waals surface area contributed by atoms with Gasteiger partial charge >= 0.3 is 0 Å². The van der Waals surface area contributed by atoms with E-state index in [0.717, 1.165) is 35.7 Å². The Kier molecular flexibility index (Phi) is 8.63. The lowest BCUT2D eigenvalue weighted by Gasteiger charge is -2.36. The van der Waals surface area contributed by atoms with E-state index in [4.69, 9.17) is 32.7 Å². The van der Waals surface area contributed by atoms with E-state index in [-0.39, 0.29) is 12.0 Å². The molecule has 0 aliphatic carbocycles. The van der Waals surface area contributed by atoms with Gasteiger partial charge in [-0.2, -0.15) is 0 Å². The average molecular weight is 514 g/mol. The lowest BCUT2D eigenvalue weighted by molar-refractivity contribution is 0.00337. The van der Waals surface area contributed by atoms with Crippen molar-refractivity contribution in [3.05, 3.63) is 93.2 Å². The van der Waals surface area contributed by atoms with Gasteiger partial charge in [0.2, 0.25) is 0 Å². The van der Waals surface area contributed by atoms with Crippen LogP contribution in [0.15, 0.2) is 60.7 Å². The number of pyridine rings is 1. The standard InChI is InChI=1S/C27H29Cl2N3O3/c1-19-14-22(16-26(29)30-19)27(33)32-12-10-31(11-13-32)17-25(21-6-8-23(28)9-7-21)35-18-20-4-3-5-24(15-20)34-2/h3-9,14-16,25H,10-13,17-18H2,1-2H3/t25-/m0/s1. The van der Waals surface area contributed by atoms with Crippen LogP contribution in [-0.2, 0) is 11.3 Å². The summed E-state index contributed by atoms with van der Waals surface area (Å²) >= 11 is 12.2. The Morgan fingerprint density at radius 3 is 2.46 bits per heavy atom. The Bertz CT molecular complexity index is 1130. The number of ether oxygens (including phenoxy) is 2. The maximum atomic E-state index is 13.0. The molecular weight excluding hydrogens is 485 g/mol. The number of methoxy groups -OCH3 is 1. The fourth-order valence-electron chi connectivity index (χ4n) is 4.19. The predicted molar refractivity (Wildman–Crippen MR) is 138 cm³/mol. The zero-order valence-electron chi connectivity index (χ0n) is 19.9. The van der Waals surface area contributed by atoms with Gasteiger partial charge in [0.1, 0.15) is 10.9 Å². The highest BCUT2D eigenvalue weighted by Crippen LogP contribution is 2.24. The molecule has 0 bridgehead atoms. The van der Waals surface area contributed by atoms with Gasteiger partial charge in [0.05, 0.1) is 19.8 Å². The van der Waals surface area contributed by atoms with Crippen molar-refractivity contribution in [2.45, 2.75) is 19.6 Å². The zero-order valence-corrected chi connectivity index (χ0v) is 21.4. The summed E-state index contributed by atoms with van der Waals surface area (Å²) in [5.74, 6) is 0.793. The molecule has 1 aromatic heterocycles. The van der Waals surface area contributed by atoms with Crippen molar-refractivity contribution in [1.82, 2.24) is 14.8 Å². The molecule has 35 heavy (non-hydrogen) atoms. The monoisotopic (exact) mass is 513 g/mol. The van der Waals surface area contributed by atoms with Crippen LogP contribution >= 0.6 is 23.2 Å². The second-order valence-corrected chi connectivity index (χ2v) is 9.44. The molecule has 2 heterocycles. The van der Waals surface area contributed by atoms with Crippen molar-refractivity contribution in [2.75, 3.05) is 39.8 Å². The van der Waals surface area contributed by atoms with Gasteiger partial charge in [-0.15, -0.1) is 0 Å². The van der Waals surface area contributed by atoms with Crippen molar-refractivity contribution < 1.29 is 14.3 Å². The maximum absolute atomic E-state index is 13.0. The zero-order chi connectivity index (χ0) is 24.8. The van der Waals surface area contributed by atoms with Crippen LogP contribution in [0.1, 0.15) is 33.3 Å². The molecule has 1 saturated heterocycles. The molecule has 2 aromatic carbocycles. The van der Waals surface area contributed by atoms with E-state index in [2.05, 4.69) is 9.88 Å². The summed E-state index contributed by atoms with van der Waals surface area (Å²) in [4.78, 5) is 21.3. The SMILES string of the molecule is COc1cccc(CO[C@@H](CN2CCN(C(=O)c3cc(C)nc(Cl)c3)CC2)c2ccc(Cl)cc2)c1. The van der Waals surface area contributed by atoms with Gasteiger partial charge in [-0.1, -0.05) is 47.5 Å². The molecule has 0 N–H and O–H groups in total. The van der Waals surface area contributed by atoms with Gasteiger partial charge < -0.3 is 14.4 Å². The van der Waals surface area contributed by atoms with Gasteiger partial charge in [-0.05, 0) is 54.4 Å². The van der Waals surface area contributed by atoms with Crippen molar-refractivity contribution >= 4 is 29.1 Å². The number of halogens is 2. The molecule has 0 radical (unpaired) electrons. The second-order valence-electron chi connectivity index (χ2n) is 8.62. The van der Waals surface area contributed by atoms with Crippen LogP contribution in [0.4, 0.5) is 0 Å². The first-order chi connectivity index (χ1) is 16.9. The average Bonchev–Trinajstić information content (AvgIpc) is 2.86. The summed E-state index contributed by atoms with van der Waals surface area (Å²) < 4.78 is 11.7. The number of nitrogens with zero attached hydrogens (tertiary/aromatic N) is 3. The first-order valence-corrected chi connectivity index (χ1v) is 12.3. The highest BCUT2D eigenvalue weighted by Gasteiger charge is 2.25. The third kappa shape index (κ3) is 6.95. The van der Waals surface area contributed by atoms with Crippen LogP contribution in [0.25, 0.3) is 0 Å². The number of aromatic nitrogens is 1. The number of carbonyl (C=O) groups excluding carboxylic acids is 1. The summed E-state index contributed by atoms with van der Waals surface area (Å²) in [5.41, 5.74) is 3.43. The Hall–Kier alpha value is -2.64. The Morgan fingerprint density at radius 2 is 1.77 bits per heavy atom. The summed E-state index contributed by atoms with van der Waals surface area (Å²) in [5, 5.41) is 1.03. The highest BCUT2D eigenvalue weighted by atomic mass is 35.5. The number of piperazine rings is 1. The van der Waals surface area contributed by atoms with E-state index in [1.165, 1.54) is 0 Å². The summed E-state index contributed by atoms with van der Waals surface area (Å²) in [7, 11) is 1.66. The molecule has 184 valence electrons. The predicted octanol–water partition coefficient (Wildman–Crippen LogP) is 5.42. The number of hydrogen-bond donors (Lipinski definition) is 0. The third-order valence-corrected chi connectivity index (χ3v) is 6.53. The molecule has 6 nitrogen and oxygen atoms in total. The number of aryl methyl sites for hydroxylation is 1. The Morgan fingerprint density at radius 1 is 1.03 bits per heavy atom. The molecule has 0 spiro atoms. The summed E-state index contributed by atoms with van der Waals surface area (Å²) in [6.07, 6.45) is -0.137. The smallest absolute Gasteiger partial charge is 0.254 e. The minimum Gasteiger partial charge on any atom is -0.497 e. The normalized spacial score (nSPS) is 15.1. The van der Waals surface area contributed by atoms with Gasteiger partial charge in [0.15, 0.2) is 0 Å². The lowest BCUT2D eigenvalue weighted by atomic mass is 10.1. The minimum absolute atomic E-state index is 0.0134. The van der Waals surface area contributed by atoms with Gasteiger partial charge in [-0.3, -0.25) is 9.69 Å². The summed E-state index contributed by atoms with van der Waals surface area (Å²) in [6, 6.07) is 19.1. The van der Waals surface area contributed by atoms with Crippen LogP contribution in [0.2, 0.25) is 10.2 Å². The van der Waals surface area contributed by atoms with Crippen LogP contribution in [-0.4, -0.2) is 60.5 Å². The first-order valence-electron chi connectivity index (χ1n) is 11.6. The van der Waals surface area contributed by atoms with Gasteiger partial charge in [0.25, 0.3) is 5.91 Å². The van der Waals surface area contributed by atoms with E-state index in [1.807, 2.05) is 60.4 Å². The van der Waals surface area contributed by atoms with Crippen molar-refractivity contribution in [1.29, 1.82) is 0 Å². The Labute approximate surface area is 216 Å². The largest absolute Gasteiger partial charge is 0.497 e. The molecule has 4 rings (SSSR count). The van der Waals surface area contributed by atoms with Crippen LogP contribution in [0.5, 0.6) is 5.75 Å². The molecular formula is C27H29Cl2N3O3. The number of hydrogen-bond acceptors (Lipinski definition) is 5. The number of rotatable bonds is 8. The third-order valence-electron chi connectivity index (χ3n) is 6.08. The number of amides is 1. The number of benzene rings is 2. The number of carbonyl (C=O) groups is 1. The molecule has 0 unspecified atom stereocenters. The van der Waals surface area contributed by atoms with E-state index >= 15 is 0 Å². The molecule has 1 fully saturated rings. The molecule has 1 aliphatic heterocycles. The maximum Gasteiger partial charge on any atom is 0.254 e. The van der Waals surface area contributed by atoms with Crippen LogP contribution < -0.4 is 4.74 Å². The van der Waals surface area contributed by atoms with E-state index in [0.29, 0.717) is 42.0 Å². The fraction of sp³-hybridized carbons (Fsp3) is 0.333. The topological polar surface area (TPSA) is 54.9 Å². The minimum atomic E-state index is -0.137. The van der Waals surface area contributed by atoms with Crippen molar-refractivity contribution in [3.8, 4) is 5.75 Å². The van der Waals surface area contributed by atoms with Crippen molar-refractivity contribution in [2.24, 2.45) is 0 Å². The molecule has 1 amide bonds. The van der Waals surface area contributed by atoms with E-state index < -0.39 is 0 Å². The fourth-order valence-corrected chi connectivity index (χ4v) is 4.57. The van der Waals surface area contributed by atoms with E-state index in [9.17, 15) is 4.79 Å². The summed E-state index contributed by atoms with van der Waals surface area (Å²) in [6.45, 7) is 5.82. The molecule has 8 heteroatoms. The van der Waals surface area contributed by atoms with Crippen LogP contribution in [0.3, 0.4) is 0 Å². The van der Waals surface area contributed by atoms with Crippen molar-refractivity contribution in [3.63, 3.8) is 0 Å². The van der Waals surface area contributed by atoms with Gasteiger partial charge in [-0.25, -0.2) is 4.98 Å². The Balaban J connectivity index is 1.39. The van der Waals surface area contributed by atoms with Gasteiger partial charge in [0, 0.05) is 49.0 Å². The molecule has 1 aliphatic rings. The molecule has 1 atom stereocenters. The highest BCUT2D eigenvalue weighted by molar-refractivity contribution is 6.30. The first kappa shape index (κ1) is 25.5. The lowest BCUT2D eigenvalue weighted by Crippen LogP contribution is -2.49. The van der Waals surface area contributed by atoms with Crippen LogP contribution in [0, 0.1) is 6.92 Å². The molecule has 3 aromatic rings.